The minimum Gasteiger partial charge on any atom is -0.268 e. The van der Waals surface area contributed by atoms with Crippen LogP contribution in [0.1, 0.15) is 22.8 Å². The molecule has 0 aliphatic rings. The summed E-state index contributed by atoms with van der Waals surface area (Å²) in [5.74, 6) is -0.377. The van der Waals surface area contributed by atoms with Gasteiger partial charge in [-0.15, -0.1) is 0 Å². The van der Waals surface area contributed by atoms with Crippen LogP contribution in [0.25, 0.3) is 16.9 Å². The number of pyridine rings is 1. The smallest absolute Gasteiger partial charge is 0.268 e. The monoisotopic (exact) mass is 371 g/mol. The van der Waals surface area contributed by atoms with Gasteiger partial charge in [0.1, 0.15) is 0 Å². The zero-order valence-electron chi connectivity index (χ0n) is 12.7. The molecule has 0 amide bonds. The molecule has 0 bridgehead atoms. The first-order valence-electron chi connectivity index (χ1n) is 6.97. The Balaban J connectivity index is 2.38. The number of imidazole rings is 1. The lowest BCUT2D eigenvalue weighted by molar-refractivity contribution is 0.0960. The number of aryl methyl sites for hydroxylation is 1. The average molecular weight is 372 g/mol. The van der Waals surface area contributed by atoms with Crippen molar-refractivity contribution in [1.29, 1.82) is 0 Å². The Kier molecular flexibility index (Phi) is 3.77. The quantitative estimate of drug-likeness (QED) is 0.693. The molecule has 0 radical (unpaired) electrons. The molecule has 0 unspecified atom stereocenters. The van der Waals surface area contributed by atoms with Gasteiger partial charge >= 0.3 is 5.69 Å². The molecular formula is C17H14BrN3O2. The minimum atomic E-state index is -0.466. The predicted octanol–water partition coefficient (Wildman–Crippen LogP) is 3.45. The van der Waals surface area contributed by atoms with E-state index in [0.29, 0.717) is 26.9 Å². The third kappa shape index (κ3) is 2.45. The normalized spacial score (nSPS) is 10.9. The van der Waals surface area contributed by atoms with Crippen LogP contribution in [0.2, 0.25) is 0 Å². The summed E-state index contributed by atoms with van der Waals surface area (Å²) in [6.45, 7) is 7.35. The topological polar surface area (TPSA) is 56.9 Å². The number of halogens is 1. The summed E-state index contributed by atoms with van der Waals surface area (Å²) >= 11 is 3.34. The Morgan fingerprint density at radius 2 is 1.96 bits per heavy atom. The summed E-state index contributed by atoms with van der Waals surface area (Å²) in [6, 6.07) is 8.88. The maximum absolute atomic E-state index is 12.9. The maximum atomic E-state index is 12.9. The lowest BCUT2D eigenvalue weighted by Gasteiger charge is -2.05. The maximum Gasteiger partial charge on any atom is 0.341 e. The minimum absolute atomic E-state index is 0.377. The van der Waals surface area contributed by atoms with Crippen molar-refractivity contribution >= 4 is 38.7 Å². The fourth-order valence-corrected chi connectivity index (χ4v) is 2.84. The van der Waals surface area contributed by atoms with Gasteiger partial charge in [0.25, 0.3) is 5.91 Å². The first kappa shape index (κ1) is 15.4. The van der Waals surface area contributed by atoms with E-state index >= 15 is 0 Å². The Labute approximate surface area is 141 Å². The van der Waals surface area contributed by atoms with Crippen molar-refractivity contribution in [3.63, 3.8) is 0 Å². The van der Waals surface area contributed by atoms with Gasteiger partial charge < -0.3 is 0 Å². The zero-order valence-corrected chi connectivity index (χ0v) is 14.3. The van der Waals surface area contributed by atoms with Crippen LogP contribution in [0.3, 0.4) is 0 Å². The van der Waals surface area contributed by atoms with E-state index < -0.39 is 5.69 Å². The summed E-state index contributed by atoms with van der Waals surface area (Å²) in [7, 11) is 0. The van der Waals surface area contributed by atoms with Crippen LogP contribution in [0.15, 0.2) is 52.4 Å². The number of nitrogens with zero attached hydrogens (tertiary/aromatic N) is 3. The zero-order chi connectivity index (χ0) is 16.7. The van der Waals surface area contributed by atoms with Crippen LogP contribution < -0.4 is 5.69 Å². The highest BCUT2D eigenvalue weighted by atomic mass is 79.9. The number of carbonyl (C=O) groups excluding carboxylic acids is 1. The van der Waals surface area contributed by atoms with Crippen LogP contribution in [0.5, 0.6) is 0 Å². The molecule has 5 nitrogen and oxygen atoms in total. The number of benzene rings is 1. The van der Waals surface area contributed by atoms with Gasteiger partial charge in [0.15, 0.2) is 5.65 Å². The molecule has 0 aliphatic carbocycles. The number of carbonyl (C=O) groups is 1. The summed E-state index contributed by atoms with van der Waals surface area (Å²) < 4.78 is 3.18. The highest BCUT2D eigenvalue weighted by Crippen LogP contribution is 2.20. The van der Waals surface area contributed by atoms with Gasteiger partial charge in [-0.3, -0.25) is 4.79 Å². The lowest BCUT2D eigenvalue weighted by atomic mass is 10.1. The second-order valence-corrected chi connectivity index (χ2v) is 6.22. The van der Waals surface area contributed by atoms with Crippen LogP contribution >= 0.6 is 15.9 Å². The molecule has 1 aromatic carbocycles. The highest BCUT2D eigenvalue weighted by Gasteiger charge is 2.22. The van der Waals surface area contributed by atoms with Gasteiger partial charge in [0.05, 0.1) is 5.52 Å². The third-order valence-electron chi connectivity index (χ3n) is 3.61. The van der Waals surface area contributed by atoms with Crippen molar-refractivity contribution in [2.45, 2.75) is 13.8 Å². The average Bonchev–Trinajstić information content (AvgIpc) is 2.78. The van der Waals surface area contributed by atoms with Crippen LogP contribution in [0, 0.1) is 6.92 Å². The van der Waals surface area contributed by atoms with E-state index in [1.165, 1.54) is 4.57 Å². The van der Waals surface area contributed by atoms with Gasteiger partial charge in [-0.25, -0.2) is 18.9 Å². The molecule has 0 aliphatic heterocycles. The number of fused-ring (bicyclic) bond motifs is 1. The van der Waals surface area contributed by atoms with Crippen LogP contribution in [0.4, 0.5) is 0 Å². The van der Waals surface area contributed by atoms with E-state index in [9.17, 15) is 9.59 Å². The van der Waals surface area contributed by atoms with Crippen molar-refractivity contribution < 1.29 is 4.79 Å². The van der Waals surface area contributed by atoms with Gasteiger partial charge in [-0.2, -0.15) is 0 Å². The highest BCUT2D eigenvalue weighted by molar-refractivity contribution is 9.10. The van der Waals surface area contributed by atoms with E-state index in [-0.39, 0.29) is 5.91 Å². The Hall–Kier alpha value is -2.47. The number of hydrogen-bond donors (Lipinski definition) is 0. The molecule has 0 saturated carbocycles. The fourth-order valence-electron chi connectivity index (χ4n) is 2.53. The summed E-state index contributed by atoms with van der Waals surface area (Å²) in [4.78, 5) is 29.9. The van der Waals surface area contributed by atoms with E-state index in [1.54, 1.807) is 31.3 Å². The molecule has 23 heavy (non-hydrogen) atoms. The number of aromatic nitrogens is 3. The lowest BCUT2D eigenvalue weighted by Crippen LogP contribution is -2.29. The molecule has 0 saturated heterocycles. The first-order chi connectivity index (χ1) is 10.9. The molecule has 0 N–H and O–H groups in total. The molecule has 2 heterocycles. The molecular weight excluding hydrogens is 358 g/mol. The van der Waals surface area contributed by atoms with Gasteiger partial charge in [-0.05, 0) is 47.5 Å². The van der Waals surface area contributed by atoms with Crippen LogP contribution in [-0.4, -0.2) is 20.0 Å². The van der Waals surface area contributed by atoms with Crippen molar-refractivity contribution in [3.05, 3.63) is 69.2 Å². The standard InChI is InChI=1S/C17H14BrN3O2/c1-10(2)20-15-14(8-12(18)9-19-15)21(17(20)23)16(22)13-7-5-4-6-11(13)3/h4-9H,1H2,2-3H3. The van der Waals surface area contributed by atoms with Crippen molar-refractivity contribution in [2.75, 3.05) is 0 Å². The van der Waals surface area contributed by atoms with Gasteiger partial charge in [0.2, 0.25) is 0 Å². The van der Waals surface area contributed by atoms with E-state index in [0.717, 1.165) is 10.1 Å². The molecule has 0 fully saturated rings. The van der Waals surface area contributed by atoms with E-state index in [1.807, 2.05) is 19.1 Å². The first-order valence-corrected chi connectivity index (χ1v) is 7.76. The largest absolute Gasteiger partial charge is 0.341 e. The number of rotatable bonds is 2. The summed E-state index contributed by atoms with van der Waals surface area (Å²) in [5, 5.41) is 0. The number of allylic oxidation sites excluding steroid dienone is 1. The molecule has 6 heteroatoms. The fraction of sp³-hybridized carbons (Fsp3) is 0.118. The summed E-state index contributed by atoms with van der Waals surface area (Å²) in [6.07, 6.45) is 1.59. The van der Waals surface area contributed by atoms with Crippen molar-refractivity contribution in [1.82, 2.24) is 14.1 Å². The Morgan fingerprint density at radius 1 is 1.26 bits per heavy atom. The third-order valence-corrected chi connectivity index (χ3v) is 4.04. The Bertz CT molecular complexity index is 1010. The molecule has 3 aromatic rings. The second-order valence-electron chi connectivity index (χ2n) is 5.31. The number of hydrogen-bond acceptors (Lipinski definition) is 3. The predicted molar refractivity (Wildman–Crippen MR) is 93.6 cm³/mol. The molecule has 0 spiro atoms. The van der Waals surface area contributed by atoms with Gasteiger partial charge in [0, 0.05) is 21.9 Å². The Morgan fingerprint density at radius 3 is 2.61 bits per heavy atom. The molecule has 116 valence electrons. The molecule has 2 aromatic heterocycles. The second kappa shape index (κ2) is 5.62. The van der Waals surface area contributed by atoms with Gasteiger partial charge in [-0.1, -0.05) is 24.8 Å². The summed E-state index contributed by atoms with van der Waals surface area (Å²) in [5.41, 5.74) is 2.18. The van der Waals surface area contributed by atoms with E-state index in [2.05, 4.69) is 27.5 Å². The SMILES string of the molecule is C=C(C)n1c(=O)n(C(=O)c2ccccc2C)c2cc(Br)cnc21. The van der Waals surface area contributed by atoms with Crippen LogP contribution in [-0.2, 0) is 0 Å². The molecule has 3 rings (SSSR count). The van der Waals surface area contributed by atoms with Crippen molar-refractivity contribution in [3.8, 4) is 0 Å². The van der Waals surface area contributed by atoms with Crippen molar-refractivity contribution in [2.24, 2.45) is 0 Å². The van der Waals surface area contributed by atoms with E-state index in [4.69, 9.17) is 0 Å². The molecule has 0 atom stereocenters.